The van der Waals surface area contributed by atoms with Gasteiger partial charge < -0.3 is 15.3 Å². The Kier molecular flexibility index (Phi) is 8.55. The zero-order valence-electron chi connectivity index (χ0n) is 13.5. The fourth-order valence-electron chi connectivity index (χ4n) is 2.74. The van der Waals surface area contributed by atoms with E-state index in [1.807, 2.05) is 0 Å². The number of piperidine rings is 1. The zero-order chi connectivity index (χ0) is 16.4. The van der Waals surface area contributed by atoms with Gasteiger partial charge in [0.25, 0.3) is 0 Å². The number of hydrogen-bond donors (Lipinski definition) is 2. The lowest BCUT2D eigenvalue weighted by Gasteiger charge is -2.30. The van der Waals surface area contributed by atoms with Crippen LogP contribution in [-0.4, -0.2) is 47.4 Å². The van der Waals surface area contributed by atoms with E-state index in [1.165, 1.54) is 0 Å². The van der Waals surface area contributed by atoms with E-state index in [0.29, 0.717) is 19.6 Å². The molecule has 0 bridgehead atoms. The minimum absolute atomic E-state index is 0.0335. The molecule has 1 aliphatic heterocycles. The summed E-state index contributed by atoms with van der Waals surface area (Å²) >= 11 is 0. The van der Waals surface area contributed by atoms with Crippen LogP contribution in [-0.2, 0) is 14.4 Å². The Hall–Kier alpha value is -1.59. The molecule has 1 fully saturated rings. The maximum atomic E-state index is 12.0. The molecule has 1 aliphatic rings. The average molecular weight is 312 g/mol. The van der Waals surface area contributed by atoms with Gasteiger partial charge in [-0.25, -0.2) is 0 Å². The molecule has 0 unspecified atom stereocenters. The SMILES string of the molecule is CC(=O)N1CCC(C(=O)NCCCCCCCC(=O)O)CC1. The normalized spacial score (nSPS) is 15.6. The Bertz CT molecular complexity index is 376. The molecule has 0 atom stereocenters. The van der Waals surface area contributed by atoms with E-state index < -0.39 is 5.97 Å². The van der Waals surface area contributed by atoms with E-state index in [4.69, 9.17) is 5.11 Å². The maximum Gasteiger partial charge on any atom is 0.303 e. The van der Waals surface area contributed by atoms with Gasteiger partial charge in [-0.1, -0.05) is 19.3 Å². The molecule has 1 saturated heterocycles. The quantitative estimate of drug-likeness (QED) is 0.635. The van der Waals surface area contributed by atoms with Crippen LogP contribution in [0.1, 0.15) is 58.3 Å². The molecule has 0 radical (unpaired) electrons. The molecular formula is C16H28N2O4. The molecule has 6 heteroatoms. The summed E-state index contributed by atoms with van der Waals surface area (Å²) in [4.78, 5) is 35.4. The van der Waals surface area contributed by atoms with E-state index in [0.717, 1.165) is 44.9 Å². The van der Waals surface area contributed by atoms with Gasteiger partial charge in [-0.2, -0.15) is 0 Å². The van der Waals surface area contributed by atoms with Crippen LogP contribution < -0.4 is 5.32 Å². The van der Waals surface area contributed by atoms with Crippen molar-refractivity contribution in [3.8, 4) is 0 Å². The van der Waals surface area contributed by atoms with E-state index in [9.17, 15) is 14.4 Å². The van der Waals surface area contributed by atoms with Gasteiger partial charge in [0.2, 0.25) is 11.8 Å². The Balaban J connectivity index is 2.00. The number of carbonyl (C=O) groups is 3. The van der Waals surface area contributed by atoms with Gasteiger partial charge in [0.1, 0.15) is 0 Å². The molecule has 0 spiro atoms. The number of amides is 2. The van der Waals surface area contributed by atoms with E-state index in [1.54, 1.807) is 11.8 Å². The number of rotatable bonds is 9. The number of carboxylic acids is 1. The van der Waals surface area contributed by atoms with E-state index in [2.05, 4.69) is 5.32 Å². The number of hydrogen-bond acceptors (Lipinski definition) is 3. The lowest BCUT2D eigenvalue weighted by Crippen LogP contribution is -2.42. The van der Waals surface area contributed by atoms with Gasteiger partial charge in [0, 0.05) is 38.9 Å². The fraction of sp³-hybridized carbons (Fsp3) is 0.812. The molecule has 2 amide bonds. The third-order valence-electron chi connectivity index (χ3n) is 4.18. The third kappa shape index (κ3) is 7.43. The first-order valence-electron chi connectivity index (χ1n) is 8.25. The van der Waals surface area contributed by atoms with E-state index in [-0.39, 0.29) is 24.2 Å². The highest BCUT2D eigenvalue weighted by Crippen LogP contribution is 2.17. The molecular weight excluding hydrogens is 284 g/mol. The van der Waals surface area contributed by atoms with Crippen LogP contribution in [0.2, 0.25) is 0 Å². The fourth-order valence-corrected chi connectivity index (χ4v) is 2.74. The van der Waals surface area contributed by atoms with Crippen LogP contribution in [0.5, 0.6) is 0 Å². The summed E-state index contributed by atoms with van der Waals surface area (Å²) in [5.74, 6) is -0.509. The summed E-state index contributed by atoms with van der Waals surface area (Å²) in [7, 11) is 0. The second-order valence-corrected chi connectivity index (χ2v) is 5.98. The summed E-state index contributed by atoms with van der Waals surface area (Å²) in [6, 6.07) is 0. The molecule has 126 valence electrons. The van der Waals surface area contributed by atoms with Crippen LogP contribution in [0.3, 0.4) is 0 Å². The predicted molar refractivity (Wildman–Crippen MR) is 83.3 cm³/mol. The Morgan fingerprint density at radius 1 is 1.05 bits per heavy atom. The Labute approximate surface area is 132 Å². The number of nitrogens with one attached hydrogen (secondary N) is 1. The van der Waals surface area contributed by atoms with Crippen molar-refractivity contribution in [3.05, 3.63) is 0 Å². The molecule has 0 aliphatic carbocycles. The van der Waals surface area contributed by atoms with Crippen molar-refractivity contribution in [2.75, 3.05) is 19.6 Å². The third-order valence-corrected chi connectivity index (χ3v) is 4.18. The Morgan fingerprint density at radius 3 is 2.23 bits per heavy atom. The number of unbranched alkanes of at least 4 members (excludes halogenated alkanes) is 4. The van der Waals surface area contributed by atoms with Crippen molar-refractivity contribution >= 4 is 17.8 Å². The maximum absolute atomic E-state index is 12.0. The largest absolute Gasteiger partial charge is 0.481 e. The van der Waals surface area contributed by atoms with E-state index >= 15 is 0 Å². The summed E-state index contributed by atoms with van der Waals surface area (Å²) < 4.78 is 0. The van der Waals surface area contributed by atoms with Crippen molar-refractivity contribution in [1.29, 1.82) is 0 Å². The number of aliphatic carboxylic acids is 1. The Morgan fingerprint density at radius 2 is 1.64 bits per heavy atom. The number of carboxylic acid groups (broad SMARTS) is 1. The zero-order valence-corrected chi connectivity index (χ0v) is 13.5. The van der Waals surface area contributed by atoms with Gasteiger partial charge in [-0.15, -0.1) is 0 Å². The second kappa shape index (κ2) is 10.2. The summed E-state index contributed by atoms with van der Waals surface area (Å²) in [6.07, 6.45) is 6.38. The highest BCUT2D eigenvalue weighted by molar-refractivity contribution is 5.79. The lowest BCUT2D eigenvalue weighted by molar-refractivity contribution is -0.137. The van der Waals surface area contributed by atoms with Crippen molar-refractivity contribution in [3.63, 3.8) is 0 Å². The van der Waals surface area contributed by atoms with Crippen molar-refractivity contribution in [1.82, 2.24) is 10.2 Å². The first-order valence-corrected chi connectivity index (χ1v) is 8.25. The second-order valence-electron chi connectivity index (χ2n) is 5.98. The summed E-state index contributed by atoms with van der Waals surface area (Å²) in [6.45, 7) is 3.61. The summed E-state index contributed by atoms with van der Waals surface area (Å²) in [5, 5.41) is 11.5. The standard InChI is InChI=1S/C16H28N2O4/c1-13(19)18-11-8-14(9-12-18)16(22)17-10-6-4-2-3-5-7-15(20)21/h14H,2-12H2,1H3,(H,17,22)(H,20,21). The van der Waals surface area contributed by atoms with Crippen LogP contribution in [0.25, 0.3) is 0 Å². The van der Waals surface area contributed by atoms with Gasteiger partial charge in [0.05, 0.1) is 0 Å². The minimum Gasteiger partial charge on any atom is -0.481 e. The smallest absolute Gasteiger partial charge is 0.303 e. The number of nitrogens with zero attached hydrogens (tertiary/aromatic N) is 1. The van der Waals surface area contributed by atoms with Crippen LogP contribution in [0.4, 0.5) is 0 Å². The molecule has 1 heterocycles. The lowest BCUT2D eigenvalue weighted by atomic mass is 9.96. The van der Waals surface area contributed by atoms with Gasteiger partial charge >= 0.3 is 5.97 Å². The highest BCUT2D eigenvalue weighted by atomic mass is 16.4. The first-order chi connectivity index (χ1) is 10.5. The predicted octanol–water partition coefficient (Wildman–Crippen LogP) is 1.79. The molecule has 0 aromatic heterocycles. The number of likely N-dealkylation sites (tertiary alicyclic amines) is 1. The van der Waals surface area contributed by atoms with Gasteiger partial charge in [-0.3, -0.25) is 14.4 Å². The van der Waals surface area contributed by atoms with Crippen molar-refractivity contribution in [2.45, 2.75) is 58.3 Å². The number of carbonyl (C=O) groups excluding carboxylic acids is 2. The molecule has 0 aromatic rings. The first kappa shape index (κ1) is 18.5. The van der Waals surface area contributed by atoms with Crippen LogP contribution >= 0.6 is 0 Å². The van der Waals surface area contributed by atoms with Crippen molar-refractivity contribution < 1.29 is 19.5 Å². The molecule has 22 heavy (non-hydrogen) atoms. The minimum atomic E-state index is -0.733. The molecule has 0 saturated carbocycles. The average Bonchev–Trinajstić information content (AvgIpc) is 2.49. The van der Waals surface area contributed by atoms with Crippen LogP contribution in [0, 0.1) is 5.92 Å². The molecule has 0 aromatic carbocycles. The topological polar surface area (TPSA) is 86.7 Å². The van der Waals surface area contributed by atoms with Gasteiger partial charge in [-0.05, 0) is 25.7 Å². The van der Waals surface area contributed by atoms with Gasteiger partial charge in [0.15, 0.2) is 0 Å². The van der Waals surface area contributed by atoms with Crippen molar-refractivity contribution in [2.24, 2.45) is 5.92 Å². The highest BCUT2D eigenvalue weighted by Gasteiger charge is 2.25. The molecule has 1 rings (SSSR count). The molecule has 2 N–H and O–H groups in total. The molecule has 6 nitrogen and oxygen atoms in total. The monoisotopic (exact) mass is 312 g/mol. The summed E-state index contributed by atoms with van der Waals surface area (Å²) in [5.41, 5.74) is 0. The van der Waals surface area contributed by atoms with Crippen LogP contribution in [0.15, 0.2) is 0 Å².